The van der Waals surface area contributed by atoms with Crippen LogP contribution in [0.4, 0.5) is 0 Å². The molecule has 0 heterocycles. The van der Waals surface area contributed by atoms with Crippen molar-refractivity contribution in [3.8, 4) is 11.5 Å². The minimum Gasteiger partial charge on any atom is -0.504 e. The second kappa shape index (κ2) is 3.96. The van der Waals surface area contributed by atoms with Gasteiger partial charge in [-0.05, 0) is 22.0 Å². The van der Waals surface area contributed by atoms with Crippen molar-refractivity contribution in [1.82, 2.24) is 0 Å². The third-order valence-electron chi connectivity index (χ3n) is 1.51. The van der Waals surface area contributed by atoms with Gasteiger partial charge in [0.15, 0.2) is 11.5 Å². The molecular formula is C7H6BrClO4S. The van der Waals surface area contributed by atoms with Crippen LogP contribution in [0.3, 0.4) is 0 Å². The van der Waals surface area contributed by atoms with Crippen LogP contribution in [0.1, 0.15) is 5.56 Å². The molecule has 0 amide bonds. The van der Waals surface area contributed by atoms with Crippen LogP contribution < -0.4 is 0 Å². The summed E-state index contributed by atoms with van der Waals surface area (Å²) in [4.78, 5) is 0. The van der Waals surface area contributed by atoms with Gasteiger partial charge in [0.05, 0.1) is 10.2 Å². The van der Waals surface area contributed by atoms with Crippen LogP contribution >= 0.6 is 26.6 Å². The van der Waals surface area contributed by atoms with Gasteiger partial charge in [-0.25, -0.2) is 8.42 Å². The summed E-state index contributed by atoms with van der Waals surface area (Å²) in [6.07, 6.45) is 0. The van der Waals surface area contributed by atoms with Gasteiger partial charge in [0, 0.05) is 16.2 Å². The lowest BCUT2D eigenvalue weighted by atomic mass is 10.2. The van der Waals surface area contributed by atoms with Gasteiger partial charge < -0.3 is 10.2 Å². The lowest BCUT2D eigenvalue weighted by molar-refractivity contribution is 0.398. The summed E-state index contributed by atoms with van der Waals surface area (Å²) in [6.45, 7) is 0. The van der Waals surface area contributed by atoms with Gasteiger partial charge in [-0.1, -0.05) is 6.07 Å². The fraction of sp³-hybridized carbons (Fsp3) is 0.143. The Morgan fingerprint density at radius 2 is 1.86 bits per heavy atom. The molecule has 0 spiro atoms. The van der Waals surface area contributed by atoms with E-state index in [9.17, 15) is 18.6 Å². The summed E-state index contributed by atoms with van der Waals surface area (Å²) in [7, 11) is 1.26. The minimum atomic E-state index is -3.74. The summed E-state index contributed by atoms with van der Waals surface area (Å²) in [5, 5.41) is 18.6. The molecule has 78 valence electrons. The molecule has 0 saturated heterocycles. The molecular weight excluding hydrogens is 295 g/mol. The van der Waals surface area contributed by atoms with E-state index in [1.165, 1.54) is 12.1 Å². The highest BCUT2D eigenvalue weighted by atomic mass is 79.9. The number of hydrogen-bond acceptors (Lipinski definition) is 4. The lowest BCUT2D eigenvalue weighted by Gasteiger charge is -2.05. The fourth-order valence-electron chi connectivity index (χ4n) is 0.899. The van der Waals surface area contributed by atoms with Crippen molar-refractivity contribution in [1.29, 1.82) is 0 Å². The van der Waals surface area contributed by atoms with Gasteiger partial charge in [-0.3, -0.25) is 0 Å². The highest BCUT2D eigenvalue weighted by Crippen LogP contribution is 2.36. The van der Waals surface area contributed by atoms with Gasteiger partial charge in [0.1, 0.15) is 0 Å². The Kier molecular flexibility index (Phi) is 3.28. The van der Waals surface area contributed by atoms with Gasteiger partial charge >= 0.3 is 0 Å². The number of rotatable bonds is 2. The molecule has 4 nitrogen and oxygen atoms in total. The zero-order valence-electron chi connectivity index (χ0n) is 6.74. The minimum absolute atomic E-state index is 0.0562. The predicted molar refractivity (Wildman–Crippen MR) is 55.9 cm³/mol. The maximum absolute atomic E-state index is 10.7. The van der Waals surface area contributed by atoms with Crippen LogP contribution in [0.15, 0.2) is 16.6 Å². The fourth-order valence-corrected chi connectivity index (χ4v) is 2.18. The molecule has 0 fully saturated rings. The number of halogens is 2. The van der Waals surface area contributed by atoms with Crippen molar-refractivity contribution in [3.63, 3.8) is 0 Å². The maximum atomic E-state index is 10.7. The molecule has 0 aliphatic heterocycles. The Bertz CT molecular complexity index is 457. The molecule has 0 unspecified atom stereocenters. The van der Waals surface area contributed by atoms with Crippen LogP contribution in [0.5, 0.6) is 11.5 Å². The van der Waals surface area contributed by atoms with E-state index in [2.05, 4.69) is 15.9 Å². The highest BCUT2D eigenvalue weighted by Gasteiger charge is 2.15. The van der Waals surface area contributed by atoms with Crippen LogP contribution in [-0.4, -0.2) is 18.6 Å². The average Bonchev–Trinajstić information content (AvgIpc) is 2.04. The molecule has 14 heavy (non-hydrogen) atoms. The van der Waals surface area contributed by atoms with E-state index in [-0.39, 0.29) is 10.0 Å². The largest absolute Gasteiger partial charge is 0.504 e. The highest BCUT2D eigenvalue weighted by molar-refractivity contribution is 9.10. The van der Waals surface area contributed by atoms with E-state index >= 15 is 0 Å². The third-order valence-corrected chi connectivity index (χ3v) is 3.14. The van der Waals surface area contributed by atoms with Crippen LogP contribution in [0.25, 0.3) is 0 Å². The number of hydrogen-bond donors (Lipinski definition) is 2. The molecule has 1 aromatic carbocycles. The number of phenols is 2. The average molecular weight is 302 g/mol. The Morgan fingerprint density at radius 3 is 2.36 bits per heavy atom. The monoisotopic (exact) mass is 300 g/mol. The summed E-state index contributed by atoms with van der Waals surface area (Å²) in [5.41, 5.74) is 0.0562. The van der Waals surface area contributed by atoms with Crippen molar-refractivity contribution in [2.45, 2.75) is 5.75 Å². The molecule has 0 saturated carbocycles. The lowest BCUT2D eigenvalue weighted by Crippen LogP contribution is -1.95. The number of aromatic hydroxyl groups is 2. The Labute approximate surface area is 93.7 Å². The first-order chi connectivity index (χ1) is 6.31. The van der Waals surface area contributed by atoms with Gasteiger partial charge in [-0.15, -0.1) is 0 Å². The van der Waals surface area contributed by atoms with E-state index in [4.69, 9.17) is 10.7 Å². The van der Waals surface area contributed by atoms with E-state index < -0.39 is 26.3 Å². The van der Waals surface area contributed by atoms with Gasteiger partial charge in [-0.2, -0.15) is 0 Å². The summed E-state index contributed by atoms with van der Waals surface area (Å²) in [5.74, 6) is -1.41. The number of phenolic OH excluding ortho intramolecular Hbond substituents is 2. The molecule has 7 heteroatoms. The standard InChI is InChI=1S/C7H6BrClO4S/c8-5-2-1-4(3-14(9,12)13)6(10)7(5)11/h1-2,10-11H,3H2. The summed E-state index contributed by atoms with van der Waals surface area (Å²) < 4.78 is 21.7. The molecule has 1 rings (SSSR count). The molecule has 0 aliphatic rings. The molecule has 1 aromatic rings. The second-order valence-corrected chi connectivity index (χ2v) is 6.22. The zero-order chi connectivity index (χ0) is 10.9. The van der Waals surface area contributed by atoms with E-state index in [0.717, 1.165) is 0 Å². The van der Waals surface area contributed by atoms with Crippen molar-refractivity contribution in [3.05, 3.63) is 22.2 Å². The molecule has 0 aromatic heterocycles. The van der Waals surface area contributed by atoms with Crippen molar-refractivity contribution in [2.24, 2.45) is 0 Å². The first-order valence-electron chi connectivity index (χ1n) is 3.43. The zero-order valence-corrected chi connectivity index (χ0v) is 9.90. The normalized spacial score (nSPS) is 11.6. The second-order valence-electron chi connectivity index (χ2n) is 2.59. The first-order valence-corrected chi connectivity index (χ1v) is 6.70. The van der Waals surface area contributed by atoms with Crippen molar-refractivity contribution in [2.75, 3.05) is 0 Å². The summed E-state index contributed by atoms with van der Waals surface area (Å²) >= 11 is 2.97. The van der Waals surface area contributed by atoms with Crippen LogP contribution in [0, 0.1) is 0 Å². The topological polar surface area (TPSA) is 74.6 Å². The van der Waals surface area contributed by atoms with Crippen LogP contribution in [0.2, 0.25) is 0 Å². The molecule has 0 atom stereocenters. The first kappa shape index (κ1) is 11.6. The third kappa shape index (κ3) is 2.76. The SMILES string of the molecule is O=S(=O)(Cl)Cc1ccc(Br)c(O)c1O. The number of benzene rings is 1. The molecule has 0 bridgehead atoms. The molecule has 0 aliphatic carbocycles. The van der Waals surface area contributed by atoms with Crippen LogP contribution in [-0.2, 0) is 14.8 Å². The van der Waals surface area contributed by atoms with E-state index in [1.807, 2.05) is 0 Å². The van der Waals surface area contributed by atoms with Crippen molar-refractivity contribution >= 4 is 35.7 Å². The van der Waals surface area contributed by atoms with E-state index in [1.54, 1.807) is 0 Å². The summed E-state index contributed by atoms with van der Waals surface area (Å²) in [6, 6.07) is 2.78. The smallest absolute Gasteiger partial charge is 0.236 e. The Hall–Kier alpha value is -0.460. The molecule has 0 radical (unpaired) electrons. The predicted octanol–water partition coefficient (Wildman–Crippen LogP) is 1.93. The molecule has 2 N–H and O–H groups in total. The quantitative estimate of drug-likeness (QED) is 0.646. The van der Waals surface area contributed by atoms with E-state index in [0.29, 0.717) is 0 Å². The maximum Gasteiger partial charge on any atom is 0.236 e. The Morgan fingerprint density at radius 1 is 1.29 bits per heavy atom. The van der Waals surface area contributed by atoms with Gasteiger partial charge in [0.2, 0.25) is 9.05 Å². The van der Waals surface area contributed by atoms with Crippen molar-refractivity contribution < 1.29 is 18.6 Å². The van der Waals surface area contributed by atoms with Gasteiger partial charge in [0.25, 0.3) is 0 Å². The Balaban J connectivity index is 3.19.